The molecule has 0 aromatic rings. The number of aliphatic hydroxyl groups excluding tert-OH is 1. The van der Waals surface area contributed by atoms with Gasteiger partial charge in [-0.3, -0.25) is 9.59 Å². The van der Waals surface area contributed by atoms with Crippen LogP contribution in [0.3, 0.4) is 0 Å². The number of allylic oxidation sites excluding steroid dienone is 1. The molecule has 5 bridgehead atoms. The molecule has 0 amide bonds. The lowest BCUT2D eigenvalue weighted by Crippen LogP contribution is -2.63. The Morgan fingerprint density at radius 2 is 1.88 bits per heavy atom. The number of rotatable bonds is 0. The number of hydrogen-bond donors (Lipinski definition) is 1. The minimum Gasteiger partial charge on any atom is -0.486 e. The number of ketones is 2. The highest BCUT2D eigenvalue weighted by molar-refractivity contribution is 6.20. The van der Waals surface area contributed by atoms with Gasteiger partial charge in [-0.2, -0.15) is 0 Å². The largest absolute Gasteiger partial charge is 0.486 e. The van der Waals surface area contributed by atoms with E-state index in [1.54, 1.807) is 19.9 Å². The summed E-state index contributed by atoms with van der Waals surface area (Å²) in [4.78, 5) is 37.8. The zero-order valence-corrected chi connectivity index (χ0v) is 14.5. The second-order valence-electron chi connectivity index (χ2n) is 7.93. The van der Waals surface area contributed by atoms with E-state index in [0.717, 1.165) is 0 Å². The SMILES string of the molecule is CC1CC23OC(=O)C4=C2OC1C(O)C3/C=C/C(=O)[C@@H](C)C[C@@H](C)C4=O. The number of carbonyl (C=O) groups excluding carboxylic acids is 3. The van der Waals surface area contributed by atoms with Crippen LogP contribution in [0.2, 0.25) is 0 Å². The normalized spacial score (nSPS) is 47.3. The fraction of sp³-hybridized carbons (Fsp3) is 0.632. The molecule has 3 heterocycles. The Balaban J connectivity index is 1.93. The summed E-state index contributed by atoms with van der Waals surface area (Å²) < 4.78 is 11.6. The molecule has 0 radical (unpaired) electrons. The van der Waals surface area contributed by atoms with Crippen molar-refractivity contribution in [2.75, 3.05) is 0 Å². The first-order chi connectivity index (χ1) is 11.8. The van der Waals surface area contributed by atoms with Gasteiger partial charge in [0.1, 0.15) is 17.8 Å². The molecule has 5 aliphatic rings. The molecule has 0 aromatic heterocycles. The van der Waals surface area contributed by atoms with Crippen LogP contribution in [0.25, 0.3) is 0 Å². The summed E-state index contributed by atoms with van der Waals surface area (Å²) in [6.45, 7) is 5.41. The van der Waals surface area contributed by atoms with Gasteiger partial charge in [-0.15, -0.1) is 0 Å². The Hall–Kier alpha value is -1.95. The second kappa shape index (κ2) is 5.27. The zero-order chi connectivity index (χ0) is 18.1. The Bertz CT molecular complexity index is 734. The molecule has 6 heteroatoms. The minimum absolute atomic E-state index is 0.0252. The maximum Gasteiger partial charge on any atom is 0.346 e. The van der Waals surface area contributed by atoms with Gasteiger partial charge in [-0.05, 0) is 18.4 Å². The maximum atomic E-state index is 12.9. The third-order valence-corrected chi connectivity index (χ3v) is 6.13. The standard InChI is InChI=1S/C19H22O6/c1-8-6-9(2)14(21)13-17-19(25-18(13)23)7-10(3)16(24-17)15(22)11(19)4-5-12(8)20/h4-5,8-11,15-16,22H,6-7H2,1-3H3/b5-4+/t8-,9+,10?,11?,15?,16?,19?/m0/s1. The lowest BCUT2D eigenvalue weighted by molar-refractivity contribution is -0.220. The van der Waals surface area contributed by atoms with E-state index < -0.39 is 35.6 Å². The van der Waals surface area contributed by atoms with E-state index in [1.165, 1.54) is 6.08 Å². The van der Waals surface area contributed by atoms with Crippen LogP contribution in [0, 0.1) is 23.7 Å². The van der Waals surface area contributed by atoms with Crippen LogP contribution >= 0.6 is 0 Å². The van der Waals surface area contributed by atoms with Crippen molar-refractivity contribution in [3.8, 4) is 0 Å². The predicted octanol–water partition coefficient (Wildman–Crippen LogP) is 1.32. The van der Waals surface area contributed by atoms with Crippen LogP contribution in [0.5, 0.6) is 0 Å². The maximum absolute atomic E-state index is 12.9. The quantitative estimate of drug-likeness (QED) is 0.526. The predicted molar refractivity (Wildman–Crippen MR) is 86.1 cm³/mol. The summed E-state index contributed by atoms with van der Waals surface area (Å²) in [7, 11) is 0. The van der Waals surface area contributed by atoms with Gasteiger partial charge < -0.3 is 14.6 Å². The van der Waals surface area contributed by atoms with Crippen LogP contribution in [-0.2, 0) is 23.9 Å². The Labute approximate surface area is 145 Å². The van der Waals surface area contributed by atoms with Crippen LogP contribution in [-0.4, -0.2) is 40.5 Å². The van der Waals surface area contributed by atoms with Gasteiger partial charge in [0.05, 0.1) is 5.92 Å². The Morgan fingerprint density at radius 3 is 2.60 bits per heavy atom. The van der Waals surface area contributed by atoms with Crippen molar-refractivity contribution >= 4 is 17.5 Å². The Morgan fingerprint density at radius 1 is 1.16 bits per heavy atom. The fourth-order valence-electron chi connectivity index (χ4n) is 4.79. The summed E-state index contributed by atoms with van der Waals surface area (Å²) in [6, 6.07) is 0. The molecule has 7 atom stereocenters. The third kappa shape index (κ3) is 2.09. The molecular formula is C19H22O6. The molecule has 2 aliphatic carbocycles. The zero-order valence-electron chi connectivity index (χ0n) is 14.5. The summed E-state index contributed by atoms with van der Waals surface area (Å²) in [5.74, 6) is -2.27. The summed E-state index contributed by atoms with van der Waals surface area (Å²) in [5.41, 5.74) is -1.21. The van der Waals surface area contributed by atoms with Gasteiger partial charge in [0.25, 0.3) is 0 Å². The van der Waals surface area contributed by atoms with Gasteiger partial charge in [-0.25, -0.2) is 4.79 Å². The Kier molecular flexibility index (Phi) is 3.48. The molecule has 1 spiro atoms. The number of ether oxygens (including phenoxy) is 2. The molecule has 25 heavy (non-hydrogen) atoms. The van der Waals surface area contributed by atoms with Crippen LogP contribution in [0.4, 0.5) is 0 Å². The number of carbonyl (C=O) groups is 3. The number of aliphatic hydroxyl groups is 1. The van der Waals surface area contributed by atoms with Gasteiger partial charge in [0.15, 0.2) is 22.9 Å². The lowest BCUT2D eigenvalue weighted by Gasteiger charge is -2.54. The van der Waals surface area contributed by atoms with Crippen LogP contribution in [0.1, 0.15) is 33.6 Å². The van der Waals surface area contributed by atoms with Crippen molar-refractivity contribution in [2.45, 2.75) is 51.4 Å². The van der Waals surface area contributed by atoms with E-state index in [9.17, 15) is 19.5 Å². The van der Waals surface area contributed by atoms with Crippen molar-refractivity contribution in [1.82, 2.24) is 0 Å². The molecule has 6 nitrogen and oxygen atoms in total. The highest BCUT2D eigenvalue weighted by atomic mass is 16.6. The van der Waals surface area contributed by atoms with Gasteiger partial charge in [0, 0.05) is 18.3 Å². The van der Waals surface area contributed by atoms with E-state index in [4.69, 9.17) is 9.47 Å². The first kappa shape index (κ1) is 16.5. The number of esters is 1. The van der Waals surface area contributed by atoms with E-state index in [0.29, 0.717) is 12.8 Å². The molecule has 0 aromatic carbocycles. The summed E-state index contributed by atoms with van der Waals surface area (Å²) in [5, 5.41) is 10.7. The molecule has 1 N–H and O–H groups in total. The molecule has 134 valence electrons. The van der Waals surface area contributed by atoms with Crippen LogP contribution in [0.15, 0.2) is 23.5 Å². The lowest BCUT2D eigenvalue weighted by atomic mass is 9.64. The summed E-state index contributed by atoms with van der Waals surface area (Å²) >= 11 is 0. The number of Topliss-reactive ketones (excluding diaryl/α,β-unsaturated/α-hetero) is 1. The van der Waals surface area contributed by atoms with Gasteiger partial charge in [0.2, 0.25) is 0 Å². The minimum atomic E-state index is -1.18. The average molecular weight is 346 g/mol. The first-order valence-electron chi connectivity index (χ1n) is 8.85. The highest BCUT2D eigenvalue weighted by Gasteiger charge is 2.67. The molecular weight excluding hydrogens is 324 g/mol. The smallest absolute Gasteiger partial charge is 0.346 e. The average Bonchev–Trinajstić information content (AvgIpc) is 2.83. The molecule has 1 saturated carbocycles. The molecule has 2 saturated heterocycles. The topological polar surface area (TPSA) is 89.9 Å². The highest BCUT2D eigenvalue weighted by Crippen LogP contribution is 2.56. The molecule has 5 rings (SSSR count). The molecule has 5 unspecified atom stereocenters. The van der Waals surface area contributed by atoms with Gasteiger partial charge in [-0.1, -0.05) is 26.8 Å². The van der Waals surface area contributed by atoms with Crippen LogP contribution < -0.4 is 0 Å². The molecule has 3 fully saturated rings. The summed E-state index contributed by atoms with van der Waals surface area (Å²) in [6.07, 6.45) is 2.51. The van der Waals surface area contributed by atoms with Gasteiger partial charge >= 0.3 is 5.97 Å². The first-order valence-corrected chi connectivity index (χ1v) is 8.85. The molecule has 3 aliphatic heterocycles. The van der Waals surface area contributed by atoms with E-state index in [-0.39, 0.29) is 34.7 Å². The van der Waals surface area contributed by atoms with Crippen molar-refractivity contribution < 1.29 is 29.0 Å². The number of hydrogen-bond acceptors (Lipinski definition) is 6. The van der Waals surface area contributed by atoms with Crippen molar-refractivity contribution in [2.24, 2.45) is 23.7 Å². The van der Waals surface area contributed by atoms with E-state index >= 15 is 0 Å². The van der Waals surface area contributed by atoms with E-state index in [1.807, 2.05) is 6.92 Å². The number of fused-ring (bicyclic) bond motifs is 1. The van der Waals surface area contributed by atoms with Crippen molar-refractivity contribution in [3.05, 3.63) is 23.5 Å². The van der Waals surface area contributed by atoms with E-state index in [2.05, 4.69) is 0 Å². The third-order valence-electron chi connectivity index (χ3n) is 6.13. The van der Waals surface area contributed by atoms with Crippen molar-refractivity contribution in [3.63, 3.8) is 0 Å². The second-order valence-corrected chi connectivity index (χ2v) is 7.93. The van der Waals surface area contributed by atoms with Crippen molar-refractivity contribution in [1.29, 1.82) is 0 Å². The fourth-order valence-corrected chi connectivity index (χ4v) is 4.79. The monoisotopic (exact) mass is 346 g/mol.